The number of aryl methyl sites for hydroxylation is 1. The Bertz CT molecular complexity index is 592. The molecule has 2 N–H and O–H groups in total. The molecule has 0 aliphatic rings. The van der Waals surface area contributed by atoms with Crippen molar-refractivity contribution in [1.29, 1.82) is 0 Å². The number of carbonyl (C=O) groups excluding carboxylic acids is 1. The Morgan fingerprint density at radius 2 is 2.26 bits per heavy atom. The van der Waals surface area contributed by atoms with Crippen molar-refractivity contribution in [2.75, 3.05) is 0 Å². The van der Waals surface area contributed by atoms with Crippen LogP contribution in [0.3, 0.4) is 0 Å². The standard InChI is InChI=1S/C14H18N2O2S/c1-4-11(9(3)17)15-14(18)13-10-7-8(2)5-6-12(10)19-16-13/h5-7,9,11,17H,4H2,1-3H3,(H,15,18). The van der Waals surface area contributed by atoms with E-state index in [4.69, 9.17) is 0 Å². The van der Waals surface area contributed by atoms with Crippen molar-refractivity contribution in [3.8, 4) is 0 Å². The van der Waals surface area contributed by atoms with Gasteiger partial charge in [-0.3, -0.25) is 4.79 Å². The number of nitrogens with zero attached hydrogens (tertiary/aromatic N) is 1. The molecule has 0 fully saturated rings. The Balaban J connectivity index is 2.29. The molecule has 2 aromatic rings. The summed E-state index contributed by atoms with van der Waals surface area (Å²) in [5.74, 6) is -0.218. The molecule has 0 bridgehead atoms. The second-order valence-electron chi connectivity index (χ2n) is 4.76. The van der Waals surface area contributed by atoms with Gasteiger partial charge in [0.05, 0.1) is 16.8 Å². The zero-order valence-electron chi connectivity index (χ0n) is 11.3. The zero-order valence-corrected chi connectivity index (χ0v) is 12.1. The van der Waals surface area contributed by atoms with Crippen molar-refractivity contribution in [3.63, 3.8) is 0 Å². The second kappa shape index (κ2) is 5.67. The van der Waals surface area contributed by atoms with Gasteiger partial charge >= 0.3 is 0 Å². The highest BCUT2D eigenvalue weighted by atomic mass is 32.1. The summed E-state index contributed by atoms with van der Waals surface area (Å²) in [5, 5.41) is 13.3. The van der Waals surface area contributed by atoms with Crippen LogP contribution in [0.1, 0.15) is 36.3 Å². The molecule has 5 heteroatoms. The monoisotopic (exact) mass is 278 g/mol. The van der Waals surface area contributed by atoms with E-state index in [1.165, 1.54) is 11.5 Å². The Labute approximate surface area is 116 Å². The van der Waals surface area contributed by atoms with Gasteiger partial charge in [-0.05, 0) is 43.9 Å². The van der Waals surface area contributed by atoms with Gasteiger partial charge in [0.2, 0.25) is 0 Å². The van der Waals surface area contributed by atoms with E-state index in [0.717, 1.165) is 15.6 Å². The number of hydrogen-bond acceptors (Lipinski definition) is 4. The molecular weight excluding hydrogens is 260 g/mol. The Kier molecular flexibility index (Phi) is 4.17. The molecule has 2 rings (SSSR count). The van der Waals surface area contributed by atoms with Gasteiger partial charge in [-0.15, -0.1) is 0 Å². The fourth-order valence-electron chi connectivity index (χ4n) is 2.02. The van der Waals surface area contributed by atoms with Crippen LogP contribution in [0.15, 0.2) is 18.2 Å². The van der Waals surface area contributed by atoms with Crippen molar-refractivity contribution < 1.29 is 9.90 Å². The van der Waals surface area contributed by atoms with Crippen LogP contribution in [0, 0.1) is 6.92 Å². The molecule has 0 aliphatic carbocycles. The average molecular weight is 278 g/mol. The number of aliphatic hydroxyl groups is 1. The molecule has 1 aromatic heterocycles. The van der Waals surface area contributed by atoms with E-state index >= 15 is 0 Å². The quantitative estimate of drug-likeness (QED) is 0.903. The summed E-state index contributed by atoms with van der Waals surface area (Å²) in [7, 11) is 0. The topological polar surface area (TPSA) is 62.2 Å². The predicted octanol–water partition coefficient (Wildman–Crippen LogP) is 2.49. The van der Waals surface area contributed by atoms with Crippen LogP contribution in [0.5, 0.6) is 0 Å². The van der Waals surface area contributed by atoms with Gasteiger partial charge in [-0.1, -0.05) is 18.6 Å². The van der Waals surface area contributed by atoms with Crippen molar-refractivity contribution in [2.45, 2.75) is 39.3 Å². The van der Waals surface area contributed by atoms with Crippen molar-refractivity contribution >= 4 is 27.5 Å². The summed E-state index contributed by atoms with van der Waals surface area (Å²) in [6.07, 6.45) is 0.116. The molecule has 0 saturated carbocycles. The molecular formula is C14H18N2O2S. The summed E-state index contributed by atoms with van der Waals surface area (Å²) in [6, 6.07) is 5.71. The third kappa shape index (κ3) is 2.93. The van der Waals surface area contributed by atoms with E-state index in [9.17, 15) is 9.90 Å². The number of hydrogen-bond donors (Lipinski definition) is 2. The number of rotatable bonds is 4. The van der Waals surface area contributed by atoms with Gasteiger partial charge in [0.1, 0.15) is 5.69 Å². The van der Waals surface area contributed by atoms with Gasteiger partial charge in [0.15, 0.2) is 0 Å². The molecule has 1 aromatic carbocycles. The SMILES string of the molecule is CCC(NC(=O)c1nsc2ccc(C)cc12)C(C)O. The molecule has 2 atom stereocenters. The van der Waals surface area contributed by atoms with E-state index in [0.29, 0.717) is 12.1 Å². The maximum Gasteiger partial charge on any atom is 0.271 e. The lowest BCUT2D eigenvalue weighted by atomic mass is 10.1. The second-order valence-corrected chi connectivity index (χ2v) is 5.56. The maximum absolute atomic E-state index is 12.2. The van der Waals surface area contributed by atoms with Crippen molar-refractivity contribution in [1.82, 2.24) is 9.69 Å². The lowest BCUT2D eigenvalue weighted by molar-refractivity contribution is 0.0853. The molecule has 0 radical (unpaired) electrons. The number of amides is 1. The molecule has 1 amide bonds. The van der Waals surface area contributed by atoms with E-state index in [2.05, 4.69) is 9.69 Å². The number of fused-ring (bicyclic) bond motifs is 1. The number of aliphatic hydroxyl groups excluding tert-OH is 1. The van der Waals surface area contributed by atoms with Crippen LogP contribution in [0.2, 0.25) is 0 Å². The van der Waals surface area contributed by atoms with Gasteiger partial charge in [0, 0.05) is 5.39 Å². The van der Waals surface area contributed by atoms with Crippen LogP contribution in [0.25, 0.3) is 10.1 Å². The minimum Gasteiger partial charge on any atom is -0.391 e. The van der Waals surface area contributed by atoms with E-state index < -0.39 is 6.10 Å². The Hall–Kier alpha value is -1.46. The molecule has 0 spiro atoms. The third-order valence-electron chi connectivity index (χ3n) is 3.18. The van der Waals surface area contributed by atoms with Gasteiger partial charge in [0.25, 0.3) is 5.91 Å². The van der Waals surface area contributed by atoms with Gasteiger partial charge < -0.3 is 10.4 Å². The summed E-state index contributed by atoms with van der Waals surface area (Å²) in [4.78, 5) is 12.2. The summed E-state index contributed by atoms with van der Waals surface area (Å²) in [5.41, 5.74) is 1.55. The molecule has 19 heavy (non-hydrogen) atoms. The summed E-state index contributed by atoms with van der Waals surface area (Å²) < 4.78 is 5.23. The van der Waals surface area contributed by atoms with Crippen molar-refractivity contribution in [3.05, 3.63) is 29.5 Å². The van der Waals surface area contributed by atoms with Crippen LogP contribution < -0.4 is 5.32 Å². The molecule has 102 valence electrons. The van der Waals surface area contributed by atoms with Gasteiger partial charge in [-0.25, -0.2) is 0 Å². The normalized spacial score (nSPS) is 14.3. The lowest BCUT2D eigenvalue weighted by Gasteiger charge is -2.19. The fourth-order valence-corrected chi connectivity index (χ4v) is 2.77. The maximum atomic E-state index is 12.2. The Morgan fingerprint density at radius 1 is 1.53 bits per heavy atom. The zero-order chi connectivity index (χ0) is 14.0. The Morgan fingerprint density at radius 3 is 2.89 bits per heavy atom. The van der Waals surface area contributed by atoms with Crippen LogP contribution in [-0.2, 0) is 0 Å². The number of nitrogens with one attached hydrogen (secondary N) is 1. The van der Waals surface area contributed by atoms with E-state index in [-0.39, 0.29) is 11.9 Å². The highest BCUT2D eigenvalue weighted by Gasteiger charge is 2.20. The molecule has 0 aliphatic heterocycles. The van der Waals surface area contributed by atoms with Crippen LogP contribution >= 0.6 is 11.5 Å². The van der Waals surface area contributed by atoms with E-state index in [1.807, 2.05) is 32.0 Å². The first-order valence-corrected chi connectivity index (χ1v) is 7.15. The van der Waals surface area contributed by atoms with Crippen LogP contribution in [-0.4, -0.2) is 27.5 Å². The number of benzene rings is 1. The first-order valence-electron chi connectivity index (χ1n) is 6.38. The van der Waals surface area contributed by atoms with Gasteiger partial charge in [-0.2, -0.15) is 4.37 Å². The lowest BCUT2D eigenvalue weighted by Crippen LogP contribution is -2.41. The number of aromatic nitrogens is 1. The van der Waals surface area contributed by atoms with Crippen LogP contribution in [0.4, 0.5) is 0 Å². The minimum atomic E-state index is -0.569. The average Bonchev–Trinajstić information content (AvgIpc) is 2.78. The minimum absolute atomic E-state index is 0.218. The third-order valence-corrected chi connectivity index (χ3v) is 4.01. The smallest absolute Gasteiger partial charge is 0.271 e. The molecule has 2 unspecified atom stereocenters. The molecule has 0 saturated heterocycles. The van der Waals surface area contributed by atoms with Crippen molar-refractivity contribution in [2.24, 2.45) is 0 Å². The summed E-state index contributed by atoms with van der Waals surface area (Å²) >= 11 is 1.32. The fraction of sp³-hybridized carbons (Fsp3) is 0.429. The molecule has 4 nitrogen and oxygen atoms in total. The van der Waals surface area contributed by atoms with E-state index in [1.54, 1.807) is 6.92 Å². The first kappa shape index (κ1) is 14.0. The molecule has 1 heterocycles. The highest BCUT2D eigenvalue weighted by Crippen LogP contribution is 2.23. The largest absolute Gasteiger partial charge is 0.391 e. The summed E-state index contributed by atoms with van der Waals surface area (Å²) in [6.45, 7) is 5.60. The first-order chi connectivity index (χ1) is 9.02. The number of carbonyl (C=O) groups is 1. The predicted molar refractivity (Wildman–Crippen MR) is 77.6 cm³/mol. The highest BCUT2D eigenvalue weighted by molar-refractivity contribution is 7.13.